The molecule has 15 heavy (non-hydrogen) atoms. The van der Waals surface area contributed by atoms with Crippen LogP contribution in [0.15, 0.2) is 0 Å². The van der Waals surface area contributed by atoms with Gasteiger partial charge in [0.05, 0.1) is 27.7 Å². The third-order valence-corrected chi connectivity index (χ3v) is 1.64. The van der Waals surface area contributed by atoms with Gasteiger partial charge >= 0.3 is 11.9 Å². The van der Waals surface area contributed by atoms with Crippen LogP contribution in [0, 0.1) is 0 Å². The Morgan fingerprint density at radius 3 is 2.20 bits per heavy atom. The summed E-state index contributed by atoms with van der Waals surface area (Å²) >= 11 is 0. The summed E-state index contributed by atoms with van der Waals surface area (Å²) < 4.78 is 10.3. The van der Waals surface area contributed by atoms with Crippen LogP contribution in [0.3, 0.4) is 0 Å². The average Bonchev–Trinajstić information content (AvgIpc) is 2.11. The number of likely N-dealkylation sites (N-methyl/N-ethyl adjacent to an activating group) is 1. The maximum absolute atomic E-state index is 11.0. The van der Waals surface area contributed by atoms with Crippen LogP contribution in [0.5, 0.6) is 0 Å². The molecule has 0 aliphatic heterocycles. The van der Waals surface area contributed by atoms with Crippen molar-refractivity contribution in [1.82, 2.24) is 0 Å². The minimum atomic E-state index is -0.622. The Balaban J connectivity index is 3.52. The van der Waals surface area contributed by atoms with E-state index in [2.05, 4.69) is 4.74 Å². The summed E-state index contributed by atoms with van der Waals surface area (Å²) in [6, 6.07) is 0. The summed E-state index contributed by atoms with van der Waals surface area (Å²) in [6.07, 6.45) is 0.199. The number of esters is 2. The van der Waals surface area contributed by atoms with E-state index in [0.29, 0.717) is 6.61 Å². The highest BCUT2D eigenvalue weighted by molar-refractivity contribution is 5.85. The van der Waals surface area contributed by atoms with Crippen LogP contribution in [0.4, 0.5) is 0 Å². The quantitative estimate of drug-likeness (QED) is 0.276. The second-order valence-electron chi connectivity index (χ2n) is 4.27. The summed E-state index contributed by atoms with van der Waals surface area (Å²) in [5.74, 6) is -1.14. The molecule has 0 atom stereocenters. The van der Waals surface area contributed by atoms with Crippen molar-refractivity contribution in [3.05, 3.63) is 0 Å². The molecule has 0 saturated heterocycles. The number of nitrogens with zero attached hydrogens (tertiary/aromatic N) is 1. The zero-order valence-corrected chi connectivity index (χ0v) is 9.91. The maximum atomic E-state index is 11.0. The van der Waals surface area contributed by atoms with Crippen molar-refractivity contribution in [3.8, 4) is 0 Å². The lowest BCUT2D eigenvalue weighted by Gasteiger charge is -2.23. The Morgan fingerprint density at radius 2 is 1.73 bits per heavy atom. The molecule has 0 saturated carbocycles. The largest absolute Gasteiger partial charge is 0.391 e. The fourth-order valence-corrected chi connectivity index (χ4v) is 0.723. The molecule has 0 rings (SSSR count). The van der Waals surface area contributed by atoms with Crippen molar-refractivity contribution >= 4 is 11.9 Å². The number of hydrogen-bond acceptors (Lipinski definition) is 4. The fourth-order valence-electron chi connectivity index (χ4n) is 0.723. The molecule has 0 unspecified atom stereocenters. The Labute approximate surface area is 90.5 Å². The molecule has 5 nitrogen and oxygen atoms in total. The highest BCUT2D eigenvalue weighted by Gasteiger charge is 2.10. The lowest BCUT2D eigenvalue weighted by atomic mass is 10.5. The van der Waals surface area contributed by atoms with E-state index >= 15 is 0 Å². The molecule has 0 fully saturated rings. The van der Waals surface area contributed by atoms with Crippen LogP contribution in [-0.4, -0.2) is 57.3 Å². The second kappa shape index (κ2) is 6.53. The van der Waals surface area contributed by atoms with E-state index in [1.807, 2.05) is 21.1 Å². The van der Waals surface area contributed by atoms with E-state index in [1.165, 1.54) is 0 Å². The molecule has 0 spiro atoms. The first-order valence-electron chi connectivity index (χ1n) is 4.97. The molecule has 0 heterocycles. The van der Waals surface area contributed by atoms with E-state index in [9.17, 15) is 9.59 Å². The summed E-state index contributed by atoms with van der Waals surface area (Å²) in [4.78, 5) is 21.7. The monoisotopic (exact) mass is 218 g/mol. The number of carbonyl (C=O) groups excluding carboxylic acids is 2. The van der Waals surface area contributed by atoms with Crippen LogP contribution < -0.4 is 0 Å². The maximum Gasteiger partial charge on any atom is 0.339 e. The molecule has 0 aliphatic rings. The number of hydrogen-bond donors (Lipinski definition) is 0. The SMILES string of the molecule is CCC(=O)OC(=O)COCC[N+](C)(C)C. The van der Waals surface area contributed by atoms with Crippen molar-refractivity contribution in [3.63, 3.8) is 0 Å². The van der Waals surface area contributed by atoms with Crippen molar-refractivity contribution < 1.29 is 23.5 Å². The Kier molecular flexibility index (Phi) is 6.12. The van der Waals surface area contributed by atoms with Gasteiger partial charge in [0.15, 0.2) is 0 Å². The molecule has 0 bridgehead atoms. The zero-order valence-electron chi connectivity index (χ0n) is 9.91. The van der Waals surface area contributed by atoms with E-state index in [1.54, 1.807) is 6.92 Å². The standard InChI is InChI=1S/C10H20NO4/c1-5-9(12)15-10(13)8-14-7-6-11(2,3)4/h5-8H2,1-4H3/q+1. The smallest absolute Gasteiger partial charge is 0.339 e. The van der Waals surface area contributed by atoms with Gasteiger partial charge in [0.25, 0.3) is 0 Å². The molecular weight excluding hydrogens is 198 g/mol. The lowest BCUT2D eigenvalue weighted by Crippen LogP contribution is -2.38. The summed E-state index contributed by atoms with van der Waals surface area (Å²) in [7, 11) is 6.09. The normalized spacial score (nSPS) is 11.2. The first-order chi connectivity index (χ1) is 6.85. The molecular formula is C10H20NO4+. The van der Waals surface area contributed by atoms with E-state index in [-0.39, 0.29) is 13.0 Å². The van der Waals surface area contributed by atoms with Crippen LogP contribution in [0.1, 0.15) is 13.3 Å². The molecule has 0 radical (unpaired) electrons. The average molecular weight is 218 g/mol. The topological polar surface area (TPSA) is 52.6 Å². The summed E-state index contributed by atoms with van der Waals surface area (Å²) in [5, 5.41) is 0. The summed E-state index contributed by atoms with van der Waals surface area (Å²) in [5.41, 5.74) is 0. The van der Waals surface area contributed by atoms with Crippen molar-refractivity contribution in [2.45, 2.75) is 13.3 Å². The molecule has 5 heteroatoms. The highest BCUT2D eigenvalue weighted by Crippen LogP contribution is 1.91. The van der Waals surface area contributed by atoms with Gasteiger partial charge in [-0.15, -0.1) is 0 Å². The van der Waals surface area contributed by atoms with Gasteiger partial charge in [0.2, 0.25) is 0 Å². The number of rotatable bonds is 6. The molecule has 0 aromatic carbocycles. The van der Waals surface area contributed by atoms with Crippen molar-refractivity contribution in [2.24, 2.45) is 0 Å². The van der Waals surface area contributed by atoms with Crippen LogP contribution >= 0.6 is 0 Å². The highest BCUT2D eigenvalue weighted by atomic mass is 16.6. The second-order valence-corrected chi connectivity index (χ2v) is 4.27. The van der Waals surface area contributed by atoms with Crippen molar-refractivity contribution in [1.29, 1.82) is 0 Å². The van der Waals surface area contributed by atoms with Gasteiger partial charge in [0.1, 0.15) is 13.2 Å². The Morgan fingerprint density at radius 1 is 1.13 bits per heavy atom. The van der Waals surface area contributed by atoms with Crippen LogP contribution in [0.2, 0.25) is 0 Å². The molecule has 0 aromatic heterocycles. The van der Waals surface area contributed by atoms with Gasteiger partial charge in [-0.3, -0.25) is 4.79 Å². The van der Waals surface area contributed by atoms with Gasteiger partial charge in [-0.25, -0.2) is 4.79 Å². The molecule has 0 aromatic rings. The third-order valence-electron chi connectivity index (χ3n) is 1.64. The number of quaternary nitrogens is 1. The Bertz CT molecular complexity index is 220. The van der Waals surface area contributed by atoms with Gasteiger partial charge < -0.3 is 14.0 Å². The van der Waals surface area contributed by atoms with Gasteiger partial charge in [-0.2, -0.15) is 0 Å². The van der Waals surface area contributed by atoms with E-state index in [4.69, 9.17) is 4.74 Å². The minimum Gasteiger partial charge on any atom is -0.391 e. The van der Waals surface area contributed by atoms with Crippen LogP contribution in [-0.2, 0) is 19.1 Å². The minimum absolute atomic E-state index is 0.161. The lowest BCUT2D eigenvalue weighted by molar-refractivity contribution is -0.870. The molecule has 0 aliphatic carbocycles. The first-order valence-corrected chi connectivity index (χ1v) is 4.97. The zero-order chi connectivity index (χ0) is 11.9. The van der Waals surface area contributed by atoms with E-state index < -0.39 is 11.9 Å². The first kappa shape index (κ1) is 14.1. The Hall–Kier alpha value is -0.940. The molecule has 0 amide bonds. The molecule has 88 valence electrons. The summed E-state index contributed by atoms with van der Waals surface area (Å²) in [6.45, 7) is 2.74. The van der Waals surface area contributed by atoms with Crippen LogP contribution in [0.25, 0.3) is 0 Å². The van der Waals surface area contributed by atoms with Crippen molar-refractivity contribution in [2.75, 3.05) is 40.9 Å². The number of carbonyl (C=O) groups is 2. The van der Waals surface area contributed by atoms with E-state index in [0.717, 1.165) is 11.0 Å². The van der Waals surface area contributed by atoms with Gasteiger partial charge in [0, 0.05) is 6.42 Å². The predicted octanol–water partition coefficient (Wildman–Crippen LogP) is 0.189. The predicted molar refractivity (Wildman–Crippen MR) is 55.1 cm³/mol. The third kappa shape index (κ3) is 9.37. The van der Waals surface area contributed by atoms with Gasteiger partial charge in [-0.05, 0) is 0 Å². The van der Waals surface area contributed by atoms with Gasteiger partial charge in [-0.1, -0.05) is 6.92 Å². The molecule has 0 N–H and O–H groups in total. The number of ether oxygens (including phenoxy) is 2. The fraction of sp³-hybridized carbons (Fsp3) is 0.800.